The minimum atomic E-state index is 0.401. The maximum atomic E-state index is 2.45. The second-order valence-corrected chi connectivity index (χ2v) is 7.38. The van der Waals surface area contributed by atoms with Crippen molar-refractivity contribution in [2.75, 3.05) is 0 Å². The summed E-state index contributed by atoms with van der Waals surface area (Å²) in [6, 6.07) is 28.6. The van der Waals surface area contributed by atoms with Crippen molar-refractivity contribution in [1.29, 1.82) is 0 Å². The Hall–Kier alpha value is -3.06. The van der Waals surface area contributed by atoms with E-state index in [1.807, 2.05) is 0 Å². The molecule has 0 fully saturated rings. The Morgan fingerprint density at radius 3 is 2.30 bits per heavy atom. The number of para-hydroxylation sites is 1. The number of allylic oxidation sites excluding steroid dienone is 1. The molecule has 1 heterocycles. The fraction of sp³-hybridized carbons (Fsp3) is 0.154. The van der Waals surface area contributed by atoms with Crippen molar-refractivity contribution >= 4 is 17.0 Å². The molecule has 132 valence electrons. The van der Waals surface area contributed by atoms with Crippen LogP contribution in [-0.2, 0) is 6.42 Å². The summed E-state index contributed by atoms with van der Waals surface area (Å²) in [4.78, 5) is 0. The molecule has 1 heteroatoms. The van der Waals surface area contributed by atoms with Crippen LogP contribution in [-0.4, -0.2) is 4.57 Å². The first-order valence-corrected chi connectivity index (χ1v) is 9.77. The highest BCUT2D eigenvalue weighted by atomic mass is 15.0. The lowest BCUT2D eigenvalue weighted by atomic mass is 9.93. The van der Waals surface area contributed by atoms with Crippen LogP contribution in [0.4, 0.5) is 0 Å². The average Bonchev–Trinajstić information content (AvgIpc) is 3.08. The van der Waals surface area contributed by atoms with Gasteiger partial charge in [0.1, 0.15) is 0 Å². The predicted molar refractivity (Wildman–Crippen MR) is 115 cm³/mol. The van der Waals surface area contributed by atoms with Gasteiger partial charge in [-0.1, -0.05) is 79.7 Å². The molecule has 0 N–H and O–H groups in total. The van der Waals surface area contributed by atoms with E-state index < -0.39 is 0 Å². The molecule has 0 radical (unpaired) electrons. The molecule has 0 amide bonds. The largest absolute Gasteiger partial charge is 0.313 e. The van der Waals surface area contributed by atoms with Crippen LogP contribution in [0.25, 0.3) is 22.7 Å². The lowest BCUT2D eigenvalue weighted by molar-refractivity contribution is 0.884. The Labute approximate surface area is 160 Å². The van der Waals surface area contributed by atoms with Gasteiger partial charge in [-0.25, -0.2) is 0 Å². The molecule has 1 nitrogen and oxygen atoms in total. The molecule has 0 bridgehead atoms. The number of hydrogen-bond acceptors (Lipinski definition) is 0. The molecule has 1 atom stereocenters. The zero-order valence-electron chi connectivity index (χ0n) is 15.6. The van der Waals surface area contributed by atoms with Crippen LogP contribution in [0.15, 0.2) is 84.9 Å². The SMILES string of the molecule is CC(c1ccccc1)c1ccc(-n2c3c(c4ccccc42)C=CCC3)cc1. The van der Waals surface area contributed by atoms with Gasteiger partial charge >= 0.3 is 0 Å². The fourth-order valence-corrected chi connectivity index (χ4v) is 4.31. The molecule has 1 aliphatic carbocycles. The quantitative estimate of drug-likeness (QED) is 0.386. The Morgan fingerprint density at radius 2 is 1.48 bits per heavy atom. The van der Waals surface area contributed by atoms with E-state index in [0.29, 0.717) is 5.92 Å². The van der Waals surface area contributed by atoms with Gasteiger partial charge < -0.3 is 4.57 Å². The van der Waals surface area contributed by atoms with Crippen LogP contribution in [0.1, 0.15) is 41.6 Å². The number of nitrogens with zero attached hydrogens (tertiary/aromatic N) is 1. The third kappa shape index (κ3) is 2.71. The van der Waals surface area contributed by atoms with Crippen LogP contribution < -0.4 is 0 Å². The number of fused-ring (bicyclic) bond motifs is 3. The van der Waals surface area contributed by atoms with Crippen LogP contribution in [0, 0.1) is 0 Å². The Kier molecular flexibility index (Phi) is 3.94. The Morgan fingerprint density at radius 1 is 0.778 bits per heavy atom. The van der Waals surface area contributed by atoms with Crippen molar-refractivity contribution in [2.24, 2.45) is 0 Å². The minimum absolute atomic E-state index is 0.401. The summed E-state index contributed by atoms with van der Waals surface area (Å²) in [7, 11) is 0. The molecule has 0 saturated heterocycles. The highest BCUT2D eigenvalue weighted by Crippen LogP contribution is 2.34. The van der Waals surface area contributed by atoms with Gasteiger partial charge in [0.25, 0.3) is 0 Å². The molecule has 1 unspecified atom stereocenters. The van der Waals surface area contributed by atoms with E-state index in [9.17, 15) is 0 Å². The summed E-state index contributed by atoms with van der Waals surface area (Å²) >= 11 is 0. The third-order valence-electron chi connectivity index (χ3n) is 5.80. The summed E-state index contributed by atoms with van der Waals surface area (Å²) in [5.41, 5.74) is 8.10. The van der Waals surface area contributed by atoms with Gasteiger partial charge in [0.15, 0.2) is 0 Å². The van der Waals surface area contributed by atoms with Crippen molar-refractivity contribution in [2.45, 2.75) is 25.7 Å². The lowest BCUT2D eigenvalue weighted by Gasteiger charge is -2.16. The number of hydrogen-bond donors (Lipinski definition) is 0. The number of benzene rings is 3. The van der Waals surface area contributed by atoms with E-state index >= 15 is 0 Å². The van der Waals surface area contributed by atoms with Crippen LogP contribution in [0.3, 0.4) is 0 Å². The van der Waals surface area contributed by atoms with Crippen molar-refractivity contribution in [1.82, 2.24) is 4.57 Å². The first-order chi connectivity index (χ1) is 13.3. The van der Waals surface area contributed by atoms with E-state index in [1.54, 1.807) is 0 Å². The molecule has 0 spiro atoms. The molecule has 5 rings (SSSR count). The Balaban J connectivity index is 1.59. The number of rotatable bonds is 3. The fourth-order valence-electron chi connectivity index (χ4n) is 4.31. The van der Waals surface area contributed by atoms with E-state index in [4.69, 9.17) is 0 Å². The van der Waals surface area contributed by atoms with Crippen LogP contribution in [0.2, 0.25) is 0 Å². The smallest absolute Gasteiger partial charge is 0.0537 e. The molecule has 0 aliphatic heterocycles. The van der Waals surface area contributed by atoms with Crippen LogP contribution >= 0.6 is 0 Å². The van der Waals surface area contributed by atoms with Gasteiger partial charge in [0, 0.05) is 28.2 Å². The first-order valence-electron chi connectivity index (χ1n) is 9.77. The average molecular weight is 349 g/mol. The normalized spacial score (nSPS) is 14.3. The molecular weight excluding hydrogens is 326 g/mol. The van der Waals surface area contributed by atoms with Crippen LogP contribution in [0.5, 0.6) is 0 Å². The highest BCUT2D eigenvalue weighted by molar-refractivity contribution is 5.93. The van der Waals surface area contributed by atoms with Gasteiger partial charge in [-0.05, 0) is 42.2 Å². The van der Waals surface area contributed by atoms with E-state index in [-0.39, 0.29) is 0 Å². The molecule has 27 heavy (non-hydrogen) atoms. The topological polar surface area (TPSA) is 4.93 Å². The molecule has 1 aliphatic rings. The summed E-state index contributed by atoms with van der Waals surface area (Å²) in [5, 5.41) is 1.35. The van der Waals surface area contributed by atoms with Crippen molar-refractivity contribution < 1.29 is 0 Å². The lowest BCUT2D eigenvalue weighted by Crippen LogP contribution is -2.03. The Bertz CT molecular complexity index is 1110. The zero-order valence-corrected chi connectivity index (χ0v) is 15.6. The maximum absolute atomic E-state index is 2.45. The van der Waals surface area contributed by atoms with E-state index in [0.717, 1.165) is 12.8 Å². The monoisotopic (exact) mass is 349 g/mol. The third-order valence-corrected chi connectivity index (χ3v) is 5.80. The molecule has 0 saturated carbocycles. The summed E-state index contributed by atoms with van der Waals surface area (Å²) in [6.45, 7) is 2.28. The first kappa shape index (κ1) is 16.1. The molecular formula is C26H23N. The number of aromatic nitrogens is 1. The van der Waals surface area contributed by atoms with Crippen molar-refractivity contribution in [3.8, 4) is 5.69 Å². The molecule has 4 aromatic rings. The van der Waals surface area contributed by atoms with Gasteiger partial charge in [0.2, 0.25) is 0 Å². The standard InChI is InChI=1S/C26H23N/c1-19(20-9-3-2-4-10-20)21-15-17-22(18-16-21)27-25-13-7-5-11-23(25)24-12-6-8-14-26(24)27/h2-7,9-13,15-19H,8,14H2,1H3. The zero-order chi connectivity index (χ0) is 18.2. The van der Waals surface area contributed by atoms with E-state index in [1.165, 1.54) is 39.0 Å². The predicted octanol–water partition coefficient (Wildman–Crippen LogP) is 6.74. The highest BCUT2D eigenvalue weighted by Gasteiger charge is 2.18. The van der Waals surface area contributed by atoms with E-state index in [2.05, 4.69) is 103 Å². The summed E-state index contributed by atoms with van der Waals surface area (Å²) in [6.07, 6.45) is 6.81. The summed E-state index contributed by atoms with van der Waals surface area (Å²) < 4.78 is 2.45. The molecule has 3 aromatic carbocycles. The minimum Gasteiger partial charge on any atom is -0.313 e. The maximum Gasteiger partial charge on any atom is 0.0537 e. The van der Waals surface area contributed by atoms with Crippen molar-refractivity contribution in [3.63, 3.8) is 0 Å². The second kappa shape index (κ2) is 6.59. The van der Waals surface area contributed by atoms with Gasteiger partial charge in [-0.15, -0.1) is 0 Å². The van der Waals surface area contributed by atoms with Gasteiger partial charge in [0.05, 0.1) is 5.52 Å². The van der Waals surface area contributed by atoms with Gasteiger partial charge in [-0.3, -0.25) is 0 Å². The van der Waals surface area contributed by atoms with Gasteiger partial charge in [-0.2, -0.15) is 0 Å². The summed E-state index contributed by atoms with van der Waals surface area (Å²) in [5.74, 6) is 0.401. The second-order valence-electron chi connectivity index (χ2n) is 7.38. The molecule has 1 aromatic heterocycles. The van der Waals surface area contributed by atoms with Crippen molar-refractivity contribution in [3.05, 3.63) is 107 Å².